The molecule has 2 rings (SSSR count). The van der Waals surface area contributed by atoms with Crippen LogP contribution < -0.4 is 10.5 Å². The van der Waals surface area contributed by atoms with E-state index >= 15 is 0 Å². The van der Waals surface area contributed by atoms with E-state index in [2.05, 4.69) is 26.5 Å². The molecule has 0 aliphatic heterocycles. The van der Waals surface area contributed by atoms with Crippen LogP contribution in [0.15, 0.2) is 46.0 Å². The van der Waals surface area contributed by atoms with Crippen LogP contribution in [-0.2, 0) is 0 Å². The van der Waals surface area contributed by atoms with Crippen LogP contribution in [0.25, 0.3) is 0 Å². The Morgan fingerprint density at radius 3 is 2.57 bits per heavy atom. The fourth-order valence-electron chi connectivity index (χ4n) is 1.73. The second-order valence-electron chi connectivity index (χ2n) is 4.67. The summed E-state index contributed by atoms with van der Waals surface area (Å²) in [7, 11) is 0. The van der Waals surface area contributed by atoms with Gasteiger partial charge >= 0.3 is 0 Å². The van der Waals surface area contributed by atoms with Crippen LogP contribution in [0.3, 0.4) is 0 Å². The van der Waals surface area contributed by atoms with E-state index in [9.17, 15) is 20.0 Å². The van der Waals surface area contributed by atoms with Crippen LogP contribution in [0.5, 0.6) is 5.75 Å². The van der Waals surface area contributed by atoms with E-state index in [1.54, 1.807) is 24.3 Å². The average molecular weight is 377 g/mol. The van der Waals surface area contributed by atoms with E-state index in [-0.39, 0.29) is 15.7 Å². The Labute approximate surface area is 139 Å². The van der Waals surface area contributed by atoms with Crippen molar-refractivity contribution in [1.29, 1.82) is 0 Å². The Morgan fingerprint density at radius 2 is 1.96 bits per heavy atom. The summed E-state index contributed by atoms with van der Waals surface area (Å²) in [6.45, 7) is 1.90. The van der Waals surface area contributed by atoms with Crippen molar-refractivity contribution in [3.8, 4) is 5.75 Å². The van der Waals surface area contributed by atoms with Crippen molar-refractivity contribution >= 4 is 33.7 Å². The number of hydrogen-bond donors (Lipinski definition) is 1. The highest BCUT2D eigenvalue weighted by molar-refractivity contribution is 9.10. The van der Waals surface area contributed by atoms with Gasteiger partial charge in [-0.25, -0.2) is 5.43 Å². The molecule has 8 heteroatoms. The number of carbonyl (C=O) groups excluding carboxylic acids is 1. The van der Waals surface area contributed by atoms with Gasteiger partial charge in [0.1, 0.15) is 0 Å². The van der Waals surface area contributed by atoms with E-state index < -0.39 is 16.6 Å². The molecule has 2 aromatic rings. The summed E-state index contributed by atoms with van der Waals surface area (Å²) in [6, 6.07) is 9.06. The molecule has 0 fully saturated rings. The minimum absolute atomic E-state index is 0.00437. The molecule has 0 aromatic heterocycles. The summed E-state index contributed by atoms with van der Waals surface area (Å²) >= 11 is 2.96. The molecule has 0 bridgehead atoms. The quantitative estimate of drug-likeness (QED) is 0.502. The van der Waals surface area contributed by atoms with Crippen LogP contribution in [0, 0.1) is 17.0 Å². The number of aryl methyl sites for hydroxylation is 1. The zero-order chi connectivity index (χ0) is 17.0. The first-order valence-electron chi connectivity index (χ1n) is 6.43. The highest BCUT2D eigenvalue weighted by atomic mass is 79.9. The number of nitrogens with one attached hydrogen (secondary N) is 1. The molecule has 0 atom stereocenters. The number of carbonyl (C=O) groups is 1. The van der Waals surface area contributed by atoms with Gasteiger partial charge < -0.3 is 5.11 Å². The summed E-state index contributed by atoms with van der Waals surface area (Å²) in [5.41, 5.74) is 3.45. The van der Waals surface area contributed by atoms with Crippen molar-refractivity contribution < 1.29 is 14.8 Å². The van der Waals surface area contributed by atoms with Crippen LogP contribution >= 0.6 is 15.9 Å². The number of hydrazone groups is 1. The third-order valence-corrected chi connectivity index (χ3v) is 3.54. The summed E-state index contributed by atoms with van der Waals surface area (Å²) in [5.74, 6) is -0.901. The molecule has 1 N–H and O–H groups in total. The molecule has 7 nitrogen and oxygen atoms in total. The maximum Gasteiger partial charge on any atom is 0.271 e. The molecule has 1 amide bonds. The number of nitrogens with zero attached hydrogens (tertiary/aromatic N) is 2. The fourth-order valence-corrected chi connectivity index (χ4v) is 2.19. The van der Waals surface area contributed by atoms with Crippen LogP contribution in [0.1, 0.15) is 21.5 Å². The van der Waals surface area contributed by atoms with Gasteiger partial charge in [-0.3, -0.25) is 14.9 Å². The molecule has 0 heterocycles. The van der Waals surface area contributed by atoms with E-state index in [1.807, 2.05) is 6.92 Å². The number of hydrogen-bond acceptors (Lipinski definition) is 5. The zero-order valence-electron chi connectivity index (χ0n) is 11.9. The lowest BCUT2D eigenvalue weighted by atomic mass is 10.1. The average Bonchev–Trinajstić information content (AvgIpc) is 2.51. The maximum atomic E-state index is 11.9. The number of amides is 1. The van der Waals surface area contributed by atoms with Gasteiger partial charge in [-0.2, -0.15) is 5.10 Å². The summed E-state index contributed by atoms with van der Waals surface area (Å²) in [6.07, 6.45) is 1.08. The lowest BCUT2D eigenvalue weighted by Gasteiger charge is -2.12. The molecule has 0 aliphatic carbocycles. The fraction of sp³-hybridized carbons (Fsp3) is 0.0667. The highest BCUT2D eigenvalue weighted by Gasteiger charge is 2.09. The van der Waals surface area contributed by atoms with Gasteiger partial charge in [0.05, 0.1) is 11.1 Å². The number of rotatable bonds is 4. The SMILES string of the molecule is Cc1ccc(C(=O)N/N=C\c2cc([N+](=O)[O-])cc(Br)c2[O-])cc1. The first kappa shape index (κ1) is 16.6. The minimum atomic E-state index is -0.619. The Kier molecular flexibility index (Phi) is 5.07. The monoisotopic (exact) mass is 376 g/mol. The van der Waals surface area contributed by atoms with Gasteiger partial charge in [-0.15, -0.1) is 0 Å². The van der Waals surface area contributed by atoms with Crippen molar-refractivity contribution in [2.75, 3.05) is 0 Å². The van der Waals surface area contributed by atoms with Gasteiger partial charge in [-0.1, -0.05) is 39.4 Å². The molecule has 0 radical (unpaired) electrons. The number of benzene rings is 2. The van der Waals surface area contributed by atoms with Gasteiger partial charge in [0.15, 0.2) is 0 Å². The Balaban J connectivity index is 2.15. The number of non-ortho nitro benzene ring substituents is 1. The second kappa shape index (κ2) is 7.01. The molecule has 0 unspecified atom stereocenters. The van der Waals surface area contributed by atoms with Crippen molar-refractivity contribution in [3.63, 3.8) is 0 Å². The smallest absolute Gasteiger partial charge is 0.271 e. The zero-order valence-corrected chi connectivity index (χ0v) is 13.5. The Morgan fingerprint density at radius 1 is 1.30 bits per heavy atom. The molecule has 118 valence electrons. The van der Waals surface area contributed by atoms with Crippen LogP contribution in [0.2, 0.25) is 0 Å². The van der Waals surface area contributed by atoms with Gasteiger partial charge in [-0.05, 0) is 24.6 Å². The first-order valence-corrected chi connectivity index (χ1v) is 7.23. The van der Waals surface area contributed by atoms with Crippen molar-refractivity contribution in [2.24, 2.45) is 5.10 Å². The van der Waals surface area contributed by atoms with E-state index in [0.717, 1.165) is 23.9 Å². The van der Waals surface area contributed by atoms with Crippen LogP contribution in [-0.4, -0.2) is 17.0 Å². The summed E-state index contributed by atoms with van der Waals surface area (Å²) in [4.78, 5) is 22.0. The van der Waals surface area contributed by atoms with Gasteiger partial charge in [0.25, 0.3) is 11.6 Å². The highest BCUT2D eigenvalue weighted by Crippen LogP contribution is 2.29. The second-order valence-corrected chi connectivity index (χ2v) is 5.52. The topological polar surface area (TPSA) is 108 Å². The molecule has 2 aromatic carbocycles. The predicted octanol–water partition coefficient (Wildman–Crippen LogP) is 2.50. The normalized spacial score (nSPS) is 10.7. The van der Waals surface area contributed by atoms with Gasteiger partial charge in [0, 0.05) is 22.2 Å². The Bertz CT molecular complexity index is 788. The molecule has 0 saturated heterocycles. The largest absolute Gasteiger partial charge is 0.871 e. The van der Waals surface area contributed by atoms with Crippen LogP contribution in [0.4, 0.5) is 5.69 Å². The first-order chi connectivity index (χ1) is 10.9. The molecular formula is C15H11BrN3O4-. The maximum absolute atomic E-state index is 11.9. The third-order valence-electron chi connectivity index (χ3n) is 2.95. The van der Waals surface area contributed by atoms with Crippen molar-refractivity contribution in [2.45, 2.75) is 6.92 Å². The number of halogens is 1. The standard InChI is InChI=1S/C15H12BrN3O4/c1-9-2-4-10(5-3-9)15(21)18-17-8-11-6-12(19(22)23)7-13(16)14(11)20/h2-8,20H,1H3,(H,18,21)/p-1/b17-8-. The number of nitro groups is 1. The van der Waals surface area contributed by atoms with E-state index in [1.165, 1.54) is 0 Å². The molecule has 0 spiro atoms. The predicted molar refractivity (Wildman–Crippen MR) is 86.5 cm³/mol. The lowest BCUT2D eigenvalue weighted by Crippen LogP contribution is -2.17. The van der Waals surface area contributed by atoms with Crippen molar-refractivity contribution in [3.05, 3.63) is 67.7 Å². The van der Waals surface area contributed by atoms with E-state index in [4.69, 9.17) is 0 Å². The summed E-state index contributed by atoms with van der Waals surface area (Å²) < 4.78 is 0.0537. The Hall–Kier alpha value is -2.74. The number of nitro benzene ring substituents is 1. The summed E-state index contributed by atoms with van der Waals surface area (Å²) in [5, 5.41) is 26.3. The molecule has 0 saturated carbocycles. The molecular weight excluding hydrogens is 366 g/mol. The van der Waals surface area contributed by atoms with Gasteiger partial charge in [0.2, 0.25) is 0 Å². The lowest BCUT2D eigenvalue weighted by molar-refractivity contribution is -0.385. The minimum Gasteiger partial charge on any atom is -0.871 e. The molecule has 23 heavy (non-hydrogen) atoms. The van der Waals surface area contributed by atoms with Crippen molar-refractivity contribution in [1.82, 2.24) is 5.43 Å². The third kappa shape index (κ3) is 4.13. The van der Waals surface area contributed by atoms with E-state index in [0.29, 0.717) is 5.56 Å². The molecule has 0 aliphatic rings.